The maximum Gasteiger partial charge on any atom is 0.237 e. The molecule has 0 spiro atoms. The molecule has 0 aliphatic carbocycles. The van der Waals surface area contributed by atoms with Gasteiger partial charge in [-0.1, -0.05) is 91.4 Å². The van der Waals surface area contributed by atoms with E-state index in [9.17, 15) is 9.90 Å². The molecule has 1 rings (SSSR count). The molecule has 4 heteroatoms. The predicted octanol–water partition coefficient (Wildman–Crippen LogP) is 4.50. The zero-order valence-corrected chi connectivity index (χ0v) is 17.6. The predicted molar refractivity (Wildman–Crippen MR) is 110 cm³/mol. The number of carbonyl (C=O) groups is 1. The van der Waals surface area contributed by atoms with E-state index in [0.29, 0.717) is 5.92 Å². The fourth-order valence-corrected chi connectivity index (χ4v) is 4.11. The van der Waals surface area contributed by atoms with E-state index in [1.807, 2.05) is 0 Å². The third-order valence-electron chi connectivity index (χ3n) is 5.61. The molecule has 26 heavy (non-hydrogen) atoms. The minimum absolute atomic E-state index is 0.0332. The van der Waals surface area contributed by atoms with Crippen LogP contribution >= 0.6 is 0 Å². The molecule has 1 fully saturated rings. The van der Waals surface area contributed by atoms with Gasteiger partial charge >= 0.3 is 0 Å². The number of piperazine rings is 1. The largest absolute Gasteiger partial charge is 0.394 e. The summed E-state index contributed by atoms with van der Waals surface area (Å²) in [6, 6.07) is -0.139. The Morgan fingerprint density at radius 2 is 1.46 bits per heavy atom. The highest BCUT2D eigenvalue weighted by Gasteiger charge is 2.35. The second-order valence-electron chi connectivity index (χ2n) is 8.46. The Bertz CT molecular complexity index is 360. The Balaban J connectivity index is 2.07. The normalized spacial score (nSPS) is 21.3. The number of carbonyl (C=O) groups excluding carboxylic acids is 1. The highest BCUT2D eigenvalue weighted by molar-refractivity contribution is 5.83. The number of hydrogen-bond acceptors (Lipinski definition) is 3. The van der Waals surface area contributed by atoms with E-state index in [-0.39, 0.29) is 24.6 Å². The molecule has 2 atom stereocenters. The summed E-state index contributed by atoms with van der Waals surface area (Å²) in [5.41, 5.74) is 0. The van der Waals surface area contributed by atoms with E-state index in [1.54, 1.807) is 0 Å². The number of nitrogens with zero attached hydrogens (tertiary/aromatic N) is 1. The topological polar surface area (TPSA) is 52.6 Å². The molecule has 0 aromatic rings. The maximum absolute atomic E-state index is 12.3. The van der Waals surface area contributed by atoms with Crippen molar-refractivity contribution in [3.63, 3.8) is 0 Å². The molecule has 0 radical (unpaired) electrons. The molecular weight excluding hydrogens is 324 g/mol. The van der Waals surface area contributed by atoms with E-state index in [1.165, 1.54) is 70.6 Å². The monoisotopic (exact) mass is 368 g/mol. The second-order valence-corrected chi connectivity index (χ2v) is 8.46. The standard InChI is InChI=1S/C22H44N2O2/c1-4-5-6-7-8-9-10-11-12-13-14-15-16-24-17-20(18-25)23-22(26)21(24)19(2)3/h19-21,25H,4-18H2,1-3H3,(H,23,26)/t20-,21+/m0/s1. The van der Waals surface area contributed by atoms with Crippen molar-refractivity contribution in [3.05, 3.63) is 0 Å². The van der Waals surface area contributed by atoms with Gasteiger partial charge in [0.15, 0.2) is 0 Å². The lowest BCUT2D eigenvalue weighted by atomic mass is 9.97. The Morgan fingerprint density at radius 1 is 0.962 bits per heavy atom. The Kier molecular flexibility index (Phi) is 13.0. The number of amides is 1. The van der Waals surface area contributed by atoms with Crippen LogP contribution in [0.3, 0.4) is 0 Å². The van der Waals surface area contributed by atoms with Gasteiger partial charge in [-0.15, -0.1) is 0 Å². The van der Waals surface area contributed by atoms with Gasteiger partial charge in [-0.25, -0.2) is 0 Å². The molecule has 1 aliphatic rings. The molecule has 154 valence electrons. The summed E-state index contributed by atoms with van der Waals surface area (Å²) in [5.74, 6) is 0.399. The Hall–Kier alpha value is -0.610. The van der Waals surface area contributed by atoms with Crippen molar-refractivity contribution in [2.45, 2.75) is 110 Å². The van der Waals surface area contributed by atoms with Crippen LogP contribution in [0.1, 0.15) is 97.8 Å². The number of unbranched alkanes of at least 4 members (excludes halogenated alkanes) is 11. The van der Waals surface area contributed by atoms with Crippen LogP contribution in [0.5, 0.6) is 0 Å². The molecule has 0 saturated carbocycles. The van der Waals surface area contributed by atoms with E-state index < -0.39 is 0 Å². The van der Waals surface area contributed by atoms with Crippen molar-refractivity contribution in [2.75, 3.05) is 19.7 Å². The first kappa shape index (κ1) is 23.4. The fourth-order valence-electron chi connectivity index (χ4n) is 4.11. The summed E-state index contributed by atoms with van der Waals surface area (Å²) < 4.78 is 0. The highest BCUT2D eigenvalue weighted by Crippen LogP contribution is 2.18. The second kappa shape index (κ2) is 14.4. The van der Waals surface area contributed by atoms with Crippen LogP contribution in [0.15, 0.2) is 0 Å². The number of hydrogen-bond donors (Lipinski definition) is 2. The lowest BCUT2D eigenvalue weighted by Gasteiger charge is -2.40. The Morgan fingerprint density at radius 3 is 1.92 bits per heavy atom. The highest BCUT2D eigenvalue weighted by atomic mass is 16.3. The van der Waals surface area contributed by atoms with Gasteiger partial charge < -0.3 is 10.4 Å². The third-order valence-corrected chi connectivity index (χ3v) is 5.61. The molecule has 1 saturated heterocycles. The molecular formula is C22H44N2O2. The van der Waals surface area contributed by atoms with Gasteiger partial charge in [-0.2, -0.15) is 0 Å². The average molecular weight is 369 g/mol. The van der Waals surface area contributed by atoms with Crippen molar-refractivity contribution in [3.8, 4) is 0 Å². The van der Waals surface area contributed by atoms with Crippen molar-refractivity contribution in [1.82, 2.24) is 10.2 Å². The molecule has 1 heterocycles. The first-order valence-electron chi connectivity index (χ1n) is 11.2. The summed E-state index contributed by atoms with van der Waals surface area (Å²) in [6.07, 6.45) is 16.2. The van der Waals surface area contributed by atoms with Gasteiger partial charge in [0.05, 0.1) is 18.7 Å². The van der Waals surface area contributed by atoms with Crippen LogP contribution in [-0.4, -0.2) is 47.7 Å². The van der Waals surface area contributed by atoms with Gasteiger partial charge in [-0.3, -0.25) is 9.69 Å². The van der Waals surface area contributed by atoms with Crippen LogP contribution in [0.25, 0.3) is 0 Å². The van der Waals surface area contributed by atoms with Crippen LogP contribution in [0.2, 0.25) is 0 Å². The summed E-state index contributed by atoms with van der Waals surface area (Å²) in [6.45, 7) is 8.28. The molecule has 1 aliphatic heterocycles. The molecule has 0 bridgehead atoms. The van der Waals surface area contributed by atoms with Gasteiger partial charge in [-0.05, 0) is 18.9 Å². The zero-order valence-electron chi connectivity index (χ0n) is 17.6. The minimum atomic E-state index is -0.102. The maximum atomic E-state index is 12.3. The average Bonchev–Trinajstić information content (AvgIpc) is 2.61. The van der Waals surface area contributed by atoms with Crippen LogP contribution in [-0.2, 0) is 4.79 Å². The molecule has 2 N–H and O–H groups in total. The van der Waals surface area contributed by atoms with Gasteiger partial charge in [0, 0.05) is 6.54 Å². The molecule has 0 aromatic carbocycles. The van der Waals surface area contributed by atoms with Gasteiger partial charge in [0.25, 0.3) is 0 Å². The quantitative estimate of drug-likeness (QED) is 0.418. The van der Waals surface area contributed by atoms with Crippen LogP contribution in [0.4, 0.5) is 0 Å². The molecule has 0 aromatic heterocycles. The molecule has 0 unspecified atom stereocenters. The summed E-state index contributed by atoms with van der Waals surface area (Å²) in [5, 5.41) is 12.3. The van der Waals surface area contributed by atoms with Crippen molar-refractivity contribution in [2.24, 2.45) is 5.92 Å². The van der Waals surface area contributed by atoms with Crippen molar-refractivity contribution >= 4 is 5.91 Å². The van der Waals surface area contributed by atoms with E-state index in [0.717, 1.165) is 19.5 Å². The zero-order chi connectivity index (χ0) is 19.2. The SMILES string of the molecule is CCCCCCCCCCCCCCN1C[C@@H](CO)NC(=O)[C@H]1C(C)C. The van der Waals surface area contributed by atoms with E-state index >= 15 is 0 Å². The first-order valence-corrected chi connectivity index (χ1v) is 11.2. The van der Waals surface area contributed by atoms with E-state index in [4.69, 9.17) is 0 Å². The Labute approximate surface area is 162 Å². The number of aliphatic hydroxyl groups excluding tert-OH is 1. The van der Waals surface area contributed by atoms with E-state index in [2.05, 4.69) is 31.0 Å². The number of aliphatic hydroxyl groups is 1. The number of nitrogens with one attached hydrogen (secondary N) is 1. The summed E-state index contributed by atoms with van der Waals surface area (Å²) >= 11 is 0. The van der Waals surface area contributed by atoms with Crippen molar-refractivity contribution < 1.29 is 9.90 Å². The third kappa shape index (κ3) is 9.36. The van der Waals surface area contributed by atoms with Crippen molar-refractivity contribution in [1.29, 1.82) is 0 Å². The summed E-state index contributed by atoms with van der Waals surface area (Å²) in [4.78, 5) is 14.6. The lowest BCUT2D eigenvalue weighted by molar-refractivity contribution is -0.133. The van der Waals surface area contributed by atoms with Gasteiger partial charge in [0.1, 0.15) is 0 Å². The first-order chi connectivity index (χ1) is 12.6. The van der Waals surface area contributed by atoms with Crippen LogP contribution in [0, 0.1) is 5.92 Å². The fraction of sp³-hybridized carbons (Fsp3) is 0.955. The summed E-state index contributed by atoms with van der Waals surface area (Å²) in [7, 11) is 0. The smallest absolute Gasteiger partial charge is 0.237 e. The molecule has 4 nitrogen and oxygen atoms in total. The molecule has 1 amide bonds. The van der Waals surface area contributed by atoms with Gasteiger partial charge in [0.2, 0.25) is 5.91 Å². The number of rotatable bonds is 15. The lowest BCUT2D eigenvalue weighted by Crippen LogP contribution is -2.62. The van der Waals surface area contributed by atoms with Crippen LogP contribution < -0.4 is 5.32 Å². The minimum Gasteiger partial charge on any atom is -0.394 e.